The second-order valence-electron chi connectivity index (χ2n) is 3.68. The number of anilines is 1. The van der Waals surface area contributed by atoms with Crippen molar-refractivity contribution in [3.63, 3.8) is 0 Å². The molecule has 1 amide bonds. The summed E-state index contributed by atoms with van der Waals surface area (Å²) in [6.07, 6.45) is 1.39. The molecule has 0 aliphatic carbocycles. The summed E-state index contributed by atoms with van der Waals surface area (Å²) in [5.41, 5.74) is 1.27. The SMILES string of the molecule is N#Cc1ccc(NC(=O)C2CCCO2)cc1. The van der Waals surface area contributed by atoms with Crippen molar-refractivity contribution in [2.24, 2.45) is 0 Å². The van der Waals surface area contributed by atoms with E-state index in [0.29, 0.717) is 17.9 Å². The van der Waals surface area contributed by atoms with Crippen molar-refractivity contribution >= 4 is 11.6 Å². The quantitative estimate of drug-likeness (QED) is 0.818. The summed E-state index contributed by atoms with van der Waals surface area (Å²) in [6, 6.07) is 8.80. The summed E-state index contributed by atoms with van der Waals surface area (Å²) in [5, 5.41) is 11.4. The number of nitrogens with zero attached hydrogens (tertiary/aromatic N) is 1. The van der Waals surface area contributed by atoms with Crippen LogP contribution in [0, 0.1) is 11.3 Å². The van der Waals surface area contributed by atoms with Gasteiger partial charge in [0.25, 0.3) is 5.91 Å². The largest absolute Gasteiger partial charge is 0.368 e. The zero-order valence-corrected chi connectivity index (χ0v) is 8.77. The Morgan fingerprint density at radius 3 is 2.75 bits per heavy atom. The van der Waals surface area contributed by atoms with Crippen molar-refractivity contribution < 1.29 is 9.53 Å². The van der Waals surface area contributed by atoms with Gasteiger partial charge in [-0.3, -0.25) is 4.79 Å². The molecule has 1 unspecified atom stereocenters. The van der Waals surface area contributed by atoms with Crippen molar-refractivity contribution in [1.29, 1.82) is 5.26 Å². The first kappa shape index (κ1) is 10.7. The molecule has 0 bridgehead atoms. The highest BCUT2D eigenvalue weighted by molar-refractivity contribution is 5.94. The minimum absolute atomic E-state index is 0.109. The van der Waals surface area contributed by atoms with E-state index in [0.717, 1.165) is 12.8 Å². The third kappa shape index (κ3) is 2.38. The number of rotatable bonds is 2. The Morgan fingerprint density at radius 2 is 2.19 bits per heavy atom. The van der Waals surface area contributed by atoms with Gasteiger partial charge in [-0.15, -0.1) is 0 Å². The predicted octanol–water partition coefficient (Wildman–Crippen LogP) is 1.68. The number of benzene rings is 1. The van der Waals surface area contributed by atoms with Crippen LogP contribution in [0.1, 0.15) is 18.4 Å². The van der Waals surface area contributed by atoms with Crippen molar-refractivity contribution in [3.8, 4) is 6.07 Å². The van der Waals surface area contributed by atoms with Crippen molar-refractivity contribution in [1.82, 2.24) is 0 Å². The number of carbonyl (C=O) groups excluding carboxylic acids is 1. The van der Waals surface area contributed by atoms with Crippen LogP contribution in [0.5, 0.6) is 0 Å². The van der Waals surface area contributed by atoms with E-state index < -0.39 is 0 Å². The molecule has 1 N–H and O–H groups in total. The minimum atomic E-state index is -0.323. The Labute approximate surface area is 93.8 Å². The predicted molar refractivity (Wildman–Crippen MR) is 58.8 cm³/mol. The monoisotopic (exact) mass is 216 g/mol. The Bertz CT molecular complexity index is 414. The van der Waals surface area contributed by atoms with E-state index in [-0.39, 0.29) is 12.0 Å². The van der Waals surface area contributed by atoms with Crippen LogP contribution in [0.2, 0.25) is 0 Å². The van der Waals surface area contributed by atoms with Gasteiger partial charge in [0, 0.05) is 12.3 Å². The lowest BCUT2D eigenvalue weighted by atomic mass is 10.2. The van der Waals surface area contributed by atoms with E-state index >= 15 is 0 Å². The molecule has 1 aliphatic rings. The molecule has 82 valence electrons. The molecule has 0 aromatic heterocycles. The Morgan fingerprint density at radius 1 is 1.44 bits per heavy atom. The van der Waals surface area contributed by atoms with Crippen LogP contribution in [0.25, 0.3) is 0 Å². The molecule has 2 rings (SSSR count). The fourth-order valence-electron chi connectivity index (χ4n) is 1.64. The van der Waals surface area contributed by atoms with Gasteiger partial charge in [0.15, 0.2) is 0 Å². The topological polar surface area (TPSA) is 62.1 Å². The van der Waals surface area contributed by atoms with Gasteiger partial charge < -0.3 is 10.1 Å². The third-order valence-corrected chi connectivity index (χ3v) is 2.50. The molecule has 1 saturated heterocycles. The van der Waals surface area contributed by atoms with Gasteiger partial charge in [-0.05, 0) is 37.1 Å². The standard InChI is InChI=1S/C12H12N2O2/c13-8-9-3-5-10(6-4-9)14-12(15)11-2-1-7-16-11/h3-6,11H,1-2,7H2,(H,14,15). The van der Waals surface area contributed by atoms with Crippen LogP contribution in [0.3, 0.4) is 0 Å². The first-order valence-electron chi connectivity index (χ1n) is 5.22. The summed E-state index contributed by atoms with van der Waals surface area (Å²) in [7, 11) is 0. The number of amides is 1. The van der Waals surface area contributed by atoms with E-state index in [1.54, 1.807) is 24.3 Å². The molecule has 4 heteroatoms. The third-order valence-electron chi connectivity index (χ3n) is 2.50. The molecule has 0 radical (unpaired) electrons. The Balaban J connectivity index is 1.98. The lowest BCUT2D eigenvalue weighted by Gasteiger charge is -2.10. The minimum Gasteiger partial charge on any atom is -0.368 e. The maximum atomic E-state index is 11.7. The maximum Gasteiger partial charge on any atom is 0.253 e. The van der Waals surface area contributed by atoms with Crippen LogP contribution in [0.4, 0.5) is 5.69 Å². The molecule has 1 aliphatic heterocycles. The second-order valence-corrected chi connectivity index (χ2v) is 3.68. The van der Waals surface area contributed by atoms with Crippen LogP contribution < -0.4 is 5.32 Å². The molecule has 1 aromatic rings. The lowest BCUT2D eigenvalue weighted by molar-refractivity contribution is -0.124. The summed E-state index contributed by atoms with van der Waals surface area (Å²) in [6.45, 7) is 0.658. The van der Waals surface area contributed by atoms with E-state index in [1.807, 2.05) is 6.07 Å². The number of nitrogens with one attached hydrogen (secondary N) is 1. The van der Waals surface area contributed by atoms with Gasteiger partial charge in [-0.1, -0.05) is 0 Å². The fourth-order valence-corrected chi connectivity index (χ4v) is 1.64. The first-order valence-corrected chi connectivity index (χ1v) is 5.22. The Kier molecular flexibility index (Phi) is 3.18. The van der Waals surface area contributed by atoms with Gasteiger partial charge in [-0.2, -0.15) is 5.26 Å². The number of hydrogen-bond acceptors (Lipinski definition) is 3. The highest BCUT2D eigenvalue weighted by atomic mass is 16.5. The molecule has 16 heavy (non-hydrogen) atoms. The average Bonchev–Trinajstić information content (AvgIpc) is 2.83. The van der Waals surface area contributed by atoms with E-state index in [2.05, 4.69) is 5.32 Å². The van der Waals surface area contributed by atoms with Crippen LogP contribution in [0.15, 0.2) is 24.3 Å². The lowest BCUT2D eigenvalue weighted by Crippen LogP contribution is -2.26. The zero-order valence-electron chi connectivity index (χ0n) is 8.77. The summed E-state index contributed by atoms with van der Waals surface area (Å²) < 4.78 is 5.27. The zero-order chi connectivity index (χ0) is 11.4. The van der Waals surface area contributed by atoms with Crippen LogP contribution in [-0.2, 0) is 9.53 Å². The number of hydrogen-bond donors (Lipinski definition) is 1. The van der Waals surface area contributed by atoms with E-state index in [9.17, 15) is 4.79 Å². The van der Waals surface area contributed by atoms with Gasteiger partial charge in [0.2, 0.25) is 0 Å². The van der Waals surface area contributed by atoms with Gasteiger partial charge in [0.05, 0.1) is 11.6 Å². The molecule has 1 fully saturated rings. The van der Waals surface area contributed by atoms with Crippen LogP contribution in [-0.4, -0.2) is 18.6 Å². The van der Waals surface area contributed by atoms with Crippen molar-refractivity contribution in [2.75, 3.05) is 11.9 Å². The van der Waals surface area contributed by atoms with Crippen molar-refractivity contribution in [2.45, 2.75) is 18.9 Å². The van der Waals surface area contributed by atoms with Gasteiger partial charge >= 0.3 is 0 Å². The first-order chi connectivity index (χ1) is 7.79. The molecular formula is C12H12N2O2. The highest BCUT2D eigenvalue weighted by Crippen LogP contribution is 2.15. The molecule has 1 aromatic carbocycles. The Hall–Kier alpha value is -1.86. The second kappa shape index (κ2) is 4.77. The molecule has 4 nitrogen and oxygen atoms in total. The van der Waals surface area contributed by atoms with Crippen LogP contribution >= 0.6 is 0 Å². The summed E-state index contributed by atoms with van der Waals surface area (Å²) in [5.74, 6) is -0.109. The molecule has 0 saturated carbocycles. The summed E-state index contributed by atoms with van der Waals surface area (Å²) >= 11 is 0. The van der Waals surface area contributed by atoms with Gasteiger partial charge in [-0.25, -0.2) is 0 Å². The van der Waals surface area contributed by atoms with Gasteiger partial charge in [0.1, 0.15) is 6.10 Å². The van der Waals surface area contributed by atoms with Crippen molar-refractivity contribution in [3.05, 3.63) is 29.8 Å². The van der Waals surface area contributed by atoms with E-state index in [4.69, 9.17) is 10.00 Å². The molecule has 0 spiro atoms. The number of nitriles is 1. The number of carbonyl (C=O) groups is 1. The normalized spacial score (nSPS) is 19.1. The highest BCUT2D eigenvalue weighted by Gasteiger charge is 2.23. The van der Waals surface area contributed by atoms with E-state index in [1.165, 1.54) is 0 Å². The fraction of sp³-hybridized carbons (Fsp3) is 0.333. The molecular weight excluding hydrogens is 204 g/mol. The number of ether oxygens (including phenoxy) is 1. The molecule has 1 atom stereocenters. The maximum absolute atomic E-state index is 11.7. The molecule has 1 heterocycles. The average molecular weight is 216 g/mol. The smallest absolute Gasteiger partial charge is 0.253 e. The summed E-state index contributed by atoms with van der Waals surface area (Å²) in [4.78, 5) is 11.7.